The first-order valence-electron chi connectivity index (χ1n) is 5.55. The lowest BCUT2D eigenvalue weighted by Crippen LogP contribution is -1.95. The van der Waals surface area contributed by atoms with E-state index in [-0.39, 0.29) is 17.3 Å². The zero-order valence-electron chi connectivity index (χ0n) is 10.5. The molecule has 20 heavy (non-hydrogen) atoms. The fourth-order valence-corrected chi connectivity index (χ4v) is 1.49. The first kappa shape index (κ1) is 13.5. The van der Waals surface area contributed by atoms with Crippen LogP contribution in [0.3, 0.4) is 0 Å². The second-order valence-electron chi connectivity index (χ2n) is 3.74. The summed E-state index contributed by atoms with van der Waals surface area (Å²) in [6, 6.07) is 7.05. The van der Waals surface area contributed by atoms with Gasteiger partial charge in [-0.15, -0.1) is 0 Å². The maximum atomic E-state index is 10.7. The molecular weight excluding hydrogens is 264 g/mol. The van der Waals surface area contributed by atoms with Crippen molar-refractivity contribution in [1.29, 1.82) is 0 Å². The van der Waals surface area contributed by atoms with E-state index in [9.17, 15) is 14.9 Å². The summed E-state index contributed by atoms with van der Waals surface area (Å²) in [4.78, 5) is 24.6. The van der Waals surface area contributed by atoms with Crippen LogP contribution in [0.2, 0.25) is 0 Å². The minimum atomic E-state index is -0.524. The average molecular weight is 274 g/mol. The van der Waals surface area contributed by atoms with Gasteiger partial charge in [-0.3, -0.25) is 14.9 Å². The van der Waals surface area contributed by atoms with Gasteiger partial charge in [0.05, 0.1) is 18.1 Å². The van der Waals surface area contributed by atoms with Crippen molar-refractivity contribution in [3.05, 3.63) is 52.2 Å². The van der Waals surface area contributed by atoms with Crippen molar-refractivity contribution in [2.24, 2.45) is 0 Å². The van der Waals surface area contributed by atoms with Crippen molar-refractivity contribution in [2.75, 3.05) is 7.11 Å². The molecule has 7 nitrogen and oxygen atoms in total. The number of methoxy groups -OCH3 is 1. The van der Waals surface area contributed by atoms with Crippen LogP contribution >= 0.6 is 0 Å². The standard InChI is InChI=1S/C13H10N2O5/c1-19-12-6-10(15(17)18)3-4-11(12)20-13-5-2-9(8-16)7-14-13/h2-8H,1H3. The monoisotopic (exact) mass is 274 g/mol. The second kappa shape index (κ2) is 5.79. The van der Waals surface area contributed by atoms with E-state index in [0.29, 0.717) is 17.6 Å². The Morgan fingerprint density at radius 1 is 1.25 bits per heavy atom. The highest BCUT2D eigenvalue weighted by Gasteiger charge is 2.13. The molecule has 0 radical (unpaired) electrons. The van der Waals surface area contributed by atoms with E-state index < -0.39 is 4.92 Å². The Balaban J connectivity index is 2.27. The van der Waals surface area contributed by atoms with Gasteiger partial charge in [-0.25, -0.2) is 4.98 Å². The number of non-ortho nitro benzene ring substituents is 1. The number of nitro benzene ring substituents is 1. The summed E-state index contributed by atoms with van der Waals surface area (Å²) in [6.07, 6.45) is 2.03. The first-order chi connectivity index (χ1) is 9.63. The fraction of sp³-hybridized carbons (Fsp3) is 0.0769. The van der Waals surface area contributed by atoms with Crippen LogP contribution in [-0.4, -0.2) is 23.3 Å². The SMILES string of the molecule is COc1cc([N+](=O)[O-])ccc1Oc1ccc(C=O)cn1. The number of carbonyl (C=O) groups is 1. The van der Waals surface area contributed by atoms with E-state index in [0.717, 1.165) is 0 Å². The van der Waals surface area contributed by atoms with Crippen molar-refractivity contribution in [3.63, 3.8) is 0 Å². The largest absolute Gasteiger partial charge is 0.493 e. The van der Waals surface area contributed by atoms with Gasteiger partial charge in [0.2, 0.25) is 5.88 Å². The minimum Gasteiger partial charge on any atom is -0.493 e. The molecule has 0 fully saturated rings. The molecule has 0 aliphatic carbocycles. The lowest BCUT2D eigenvalue weighted by atomic mass is 10.3. The molecule has 1 aromatic carbocycles. The average Bonchev–Trinajstić information content (AvgIpc) is 2.48. The third-order valence-corrected chi connectivity index (χ3v) is 2.47. The molecule has 102 valence electrons. The Morgan fingerprint density at radius 2 is 2.05 bits per heavy atom. The van der Waals surface area contributed by atoms with E-state index in [2.05, 4.69) is 4.98 Å². The smallest absolute Gasteiger partial charge is 0.273 e. The van der Waals surface area contributed by atoms with Gasteiger partial charge in [-0.1, -0.05) is 0 Å². The number of benzene rings is 1. The van der Waals surface area contributed by atoms with E-state index >= 15 is 0 Å². The topological polar surface area (TPSA) is 91.6 Å². The summed E-state index contributed by atoms with van der Waals surface area (Å²) < 4.78 is 10.5. The molecule has 2 rings (SSSR count). The van der Waals surface area contributed by atoms with Gasteiger partial charge in [0, 0.05) is 23.9 Å². The van der Waals surface area contributed by atoms with Gasteiger partial charge >= 0.3 is 0 Å². The van der Waals surface area contributed by atoms with Crippen molar-refractivity contribution >= 4 is 12.0 Å². The number of hydrogen-bond donors (Lipinski definition) is 0. The highest BCUT2D eigenvalue weighted by Crippen LogP contribution is 2.33. The molecule has 1 heterocycles. The summed E-state index contributed by atoms with van der Waals surface area (Å²) in [5.74, 6) is 0.771. The summed E-state index contributed by atoms with van der Waals surface area (Å²) in [5.41, 5.74) is 0.325. The zero-order chi connectivity index (χ0) is 14.5. The minimum absolute atomic E-state index is 0.0986. The van der Waals surface area contributed by atoms with E-state index in [4.69, 9.17) is 9.47 Å². The predicted molar refractivity (Wildman–Crippen MR) is 69.3 cm³/mol. The summed E-state index contributed by atoms with van der Waals surface area (Å²) in [7, 11) is 1.38. The van der Waals surface area contributed by atoms with Crippen LogP contribution in [0.1, 0.15) is 10.4 Å². The molecule has 2 aromatic rings. The van der Waals surface area contributed by atoms with Gasteiger partial charge in [0.1, 0.15) is 0 Å². The molecule has 0 saturated heterocycles. The van der Waals surface area contributed by atoms with Crippen LogP contribution in [0.15, 0.2) is 36.5 Å². The van der Waals surface area contributed by atoms with Crippen molar-refractivity contribution in [2.45, 2.75) is 0 Å². The Kier molecular flexibility index (Phi) is 3.90. The van der Waals surface area contributed by atoms with Gasteiger partial charge in [-0.2, -0.15) is 0 Å². The molecule has 0 aliphatic rings. The van der Waals surface area contributed by atoms with Crippen molar-refractivity contribution in [3.8, 4) is 17.4 Å². The second-order valence-corrected chi connectivity index (χ2v) is 3.74. The quantitative estimate of drug-likeness (QED) is 0.472. The maximum Gasteiger partial charge on any atom is 0.273 e. The number of aldehydes is 1. The van der Waals surface area contributed by atoms with Crippen LogP contribution in [0.5, 0.6) is 17.4 Å². The number of rotatable bonds is 5. The highest BCUT2D eigenvalue weighted by molar-refractivity contribution is 5.74. The van der Waals surface area contributed by atoms with Crippen LogP contribution in [-0.2, 0) is 0 Å². The lowest BCUT2D eigenvalue weighted by Gasteiger charge is -2.09. The third kappa shape index (κ3) is 2.89. The summed E-state index contributed by atoms with van der Waals surface area (Å²) >= 11 is 0. The molecule has 0 aliphatic heterocycles. The van der Waals surface area contributed by atoms with Crippen molar-refractivity contribution in [1.82, 2.24) is 4.98 Å². The number of nitrogens with zero attached hydrogens (tertiary/aromatic N) is 2. The number of hydrogen-bond acceptors (Lipinski definition) is 6. The van der Waals surface area contributed by atoms with Crippen LogP contribution in [0, 0.1) is 10.1 Å². The van der Waals surface area contributed by atoms with Gasteiger partial charge in [-0.05, 0) is 12.1 Å². The van der Waals surface area contributed by atoms with Gasteiger partial charge in [0.15, 0.2) is 17.8 Å². The third-order valence-electron chi connectivity index (χ3n) is 2.47. The summed E-state index contributed by atoms with van der Waals surface area (Å²) in [6.45, 7) is 0. The molecule has 0 saturated carbocycles. The number of ether oxygens (including phenoxy) is 2. The number of pyridine rings is 1. The Morgan fingerprint density at radius 3 is 2.60 bits per heavy atom. The van der Waals surface area contributed by atoms with E-state index in [1.165, 1.54) is 37.6 Å². The number of nitro groups is 1. The summed E-state index contributed by atoms with van der Waals surface area (Å²) in [5, 5.41) is 10.7. The first-order valence-corrected chi connectivity index (χ1v) is 5.55. The molecule has 0 amide bonds. The Hall–Kier alpha value is -2.96. The molecule has 0 spiro atoms. The van der Waals surface area contributed by atoms with Crippen molar-refractivity contribution < 1.29 is 19.2 Å². The molecule has 7 heteroatoms. The lowest BCUT2D eigenvalue weighted by molar-refractivity contribution is -0.384. The highest BCUT2D eigenvalue weighted by atomic mass is 16.6. The van der Waals surface area contributed by atoms with Gasteiger partial charge < -0.3 is 9.47 Å². The van der Waals surface area contributed by atoms with Crippen LogP contribution < -0.4 is 9.47 Å². The molecule has 1 aromatic heterocycles. The molecule has 0 N–H and O–H groups in total. The maximum absolute atomic E-state index is 10.7. The molecule has 0 bridgehead atoms. The Bertz CT molecular complexity index is 640. The van der Waals surface area contributed by atoms with E-state index in [1.54, 1.807) is 6.07 Å². The number of aromatic nitrogens is 1. The predicted octanol–water partition coefficient (Wildman–Crippen LogP) is 2.60. The van der Waals surface area contributed by atoms with Crippen LogP contribution in [0.25, 0.3) is 0 Å². The normalized spacial score (nSPS) is 9.85. The molecule has 0 atom stereocenters. The molecular formula is C13H10N2O5. The molecule has 0 unspecified atom stereocenters. The zero-order valence-corrected chi connectivity index (χ0v) is 10.5. The number of carbonyl (C=O) groups excluding carboxylic acids is 1. The van der Waals surface area contributed by atoms with Gasteiger partial charge in [0.25, 0.3) is 5.69 Å². The van der Waals surface area contributed by atoms with E-state index in [1.807, 2.05) is 0 Å². The Labute approximate surface area is 113 Å². The van der Waals surface area contributed by atoms with Crippen LogP contribution in [0.4, 0.5) is 5.69 Å². The fourth-order valence-electron chi connectivity index (χ4n) is 1.49.